The Bertz CT molecular complexity index is 428. The molecule has 106 valence electrons. The van der Waals surface area contributed by atoms with Gasteiger partial charge < -0.3 is 5.11 Å². The number of amides is 1. The van der Waals surface area contributed by atoms with Crippen molar-refractivity contribution in [2.24, 2.45) is 0 Å². The van der Waals surface area contributed by atoms with Gasteiger partial charge in [-0.1, -0.05) is 17.8 Å². The number of rotatable bonds is 4. The van der Waals surface area contributed by atoms with Crippen molar-refractivity contribution in [1.29, 1.82) is 0 Å². The van der Waals surface area contributed by atoms with Crippen molar-refractivity contribution in [2.45, 2.75) is 25.3 Å². The van der Waals surface area contributed by atoms with Crippen molar-refractivity contribution in [3.63, 3.8) is 0 Å². The number of halogens is 1. The summed E-state index contributed by atoms with van der Waals surface area (Å²) >= 11 is 1.23. The molecule has 1 aromatic rings. The molecule has 1 aliphatic rings. The van der Waals surface area contributed by atoms with E-state index >= 15 is 0 Å². The Balaban J connectivity index is 0.00000180. The number of piperidine rings is 1. The van der Waals surface area contributed by atoms with Gasteiger partial charge in [0.15, 0.2) is 0 Å². The predicted octanol–water partition coefficient (Wildman–Crippen LogP) is 0.837. The van der Waals surface area contributed by atoms with Crippen LogP contribution < -0.4 is 5.32 Å². The number of carboxylic acid groups (broad SMARTS) is 1. The summed E-state index contributed by atoms with van der Waals surface area (Å²) < 4.78 is 0. The molecule has 0 saturated carbocycles. The van der Waals surface area contributed by atoms with Crippen LogP contribution in [-0.2, 0) is 9.59 Å². The summed E-state index contributed by atoms with van der Waals surface area (Å²) in [4.78, 5) is 24.5. The molecule has 1 aliphatic heterocycles. The Labute approximate surface area is 120 Å². The van der Waals surface area contributed by atoms with Gasteiger partial charge in [-0.15, -0.1) is 22.6 Å². The summed E-state index contributed by atoms with van der Waals surface area (Å²) in [5.74, 6) is -1.11. The molecule has 1 aromatic heterocycles. The van der Waals surface area contributed by atoms with Crippen LogP contribution in [-0.4, -0.2) is 51.2 Å². The summed E-state index contributed by atoms with van der Waals surface area (Å²) in [5, 5.41) is 19.4. The minimum Gasteiger partial charge on any atom is -0.480 e. The van der Waals surface area contributed by atoms with Crippen LogP contribution in [0.3, 0.4) is 0 Å². The van der Waals surface area contributed by atoms with Gasteiger partial charge in [-0.25, -0.2) is 0 Å². The summed E-state index contributed by atoms with van der Waals surface area (Å²) in [7, 11) is 0. The largest absolute Gasteiger partial charge is 0.480 e. The number of nitrogens with zero attached hydrogens (tertiary/aromatic N) is 3. The topological polar surface area (TPSA) is 95.4 Å². The van der Waals surface area contributed by atoms with Crippen LogP contribution in [0.5, 0.6) is 0 Å². The zero-order valence-corrected chi connectivity index (χ0v) is 11.7. The quantitative estimate of drug-likeness (QED) is 0.856. The zero-order valence-electron chi connectivity index (χ0n) is 10.1. The normalized spacial score (nSPS) is 19.5. The van der Waals surface area contributed by atoms with Gasteiger partial charge in [-0.2, -0.15) is 0 Å². The Morgan fingerprint density at radius 3 is 2.95 bits per heavy atom. The maximum atomic E-state index is 11.7. The third-order valence-electron chi connectivity index (χ3n) is 2.85. The number of carboxylic acids is 1. The van der Waals surface area contributed by atoms with E-state index in [1.54, 1.807) is 4.90 Å². The fraction of sp³-hybridized carbons (Fsp3) is 0.600. The Morgan fingerprint density at radius 2 is 2.32 bits per heavy atom. The van der Waals surface area contributed by atoms with Crippen molar-refractivity contribution in [3.8, 4) is 0 Å². The molecule has 1 saturated heterocycles. The van der Waals surface area contributed by atoms with Gasteiger partial charge in [0.1, 0.15) is 11.6 Å². The lowest BCUT2D eigenvalue weighted by Crippen LogP contribution is -2.47. The number of likely N-dealkylation sites (tertiary alicyclic amines) is 1. The smallest absolute Gasteiger partial charge is 0.320 e. The first-order chi connectivity index (χ1) is 8.66. The molecule has 0 bridgehead atoms. The van der Waals surface area contributed by atoms with Gasteiger partial charge in [-0.05, 0) is 19.4 Å². The molecule has 7 nitrogen and oxygen atoms in total. The van der Waals surface area contributed by atoms with E-state index in [2.05, 4.69) is 15.5 Å². The third-order valence-corrected chi connectivity index (χ3v) is 3.46. The van der Waals surface area contributed by atoms with E-state index in [-0.39, 0.29) is 24.9 Å². The number of aliphatic carboxylic acids is 1. The van der Waals surface area contributed by atoms with Gasteiger partial charge >= 0.3 is 5.97 Å². The molecular formula is C10H15ClN4O3S. The van der Waals surface area contributed by atoms with Crippen LogP contribution in [0.4, 0.5) is 5.13 Å². The van der Waals surface area contributed by atoms with E-state index in [4.69, 9.17) is 5.11 Å². The number of carbonyl (C=O) groups excluding carboxylic acids is 1. The molecule has 0 aromatic carbocycles. The fourth-order valence-corrected chi connectivity index (χ4v) is 2.49. The van der Waals surface area contributed by atoms with Crippen LogP contribution in [0, 0.1) is 0 Å². The highest BCUT2D eigenvalue weighted by molar-refractivity contribution is 7.13. The first kappa shape index (κ1) is 15.8. The van der Waals surface area contributed by atoms with E-state index in [9.17, 15) is 9.59 Å². The number of carbonyl (C=O) groups is 2. The molecule has 1 atom stereocenters. The van der Waals surface area contributed by atoms with Crippen molar-refractivity contribution < 1.29 is 14.7 Å². The highest BCUT2D eigenvalue weighted by Gasteiger charge is 2.29. The van der Waals surface area contributed by atoms with Gasteiger partial charge in [0.05, 0.1) is 6.54 Å². The molecule has 2 rings (SSSR count). The molecular weight excluding hydrogens is 292 g/mol. The molecule has 2 heterocycles. The van der Waals surface area contributed by atoms with E-state index in [1.807, 2.05) is 0 Å². The third kappa shape index (κ3) is 4.41. The minimum absolute atomic E-state index is 0. The van der Waals surface area contributed by atoms with Gasteiger partial charge in [0, 0.05) is 0 Å². The molecule has 0 spiro atoms. The van der Waals surface area contributed by atoms with Gasteiger partial charge in [0.2, 0.25) is 11.0 Å². The molecule has 0 aliphatic carbocycles. The summed E-state index contributed by atoms with van der Waals surface area (Å²) in [6.07, 6.45) is 2.42. The lowest BCUT2D eigenvalue weighted by atomic mass is 10.0. The molecule has 1 unspecified atom stereocenters. The Kier molecular flexibility index (Phi) is 6.13. The number of hydrogen-bond donors (Lipinski definition) is 2. The second-order valence-corrected chi connectivity index (χ2v) is 4.95. The molecule has 19 heavy (non-hydrogen) atoms. The second kappa shape index (κ2) is 7.37. The molecule has 1 amide bonds. The average Bonchev–Trinajstić information content (AvgIpc) is 2.82. The van der Waals surface area contributed by atoms with E-state index in [0.29, 0.717) is 18.1 Å². The highest BCUT2D eigenvalue weighted by atomic mass is 35.5. The summed E-state index contributed by atoms with van der Waals surface area (Å²) in [5.41, 5.74) is 1.52. The number of nitrogens with one attached hydrogen (secondary N) is 1. The lowest BCUT2D eigenvalue weighted by Gasteiger charge is -2.31. The SMILES string of the molecule is Cl.O=C(CN1CCCCC1C(=O)O)Nc1nncs1. The molecule has 0 radical (unpaired) electrons. The van der Waals surface area contributed by atoms with Crippen LogP contribution in [0.15, 0.2) is 5.51 Å². The average molecular weight is 307 g/mol. The zero-order chi connectivity index (χ0) is 13.0. The first-order valence-electron chi connectivity index (χ1n) is 5.69. The van der Waals surface area contributed by atoms with Crippen molar-refractivity contribution in [1.82, 2.24) is 15.1 Å². The van der Waals surface area contributed by atoms with Crippen LogP contribution in [0.1, 0.15) is 19.3 Å². The molecule has 2 N–H and O–H groups in total. The van der Waals surface area contributed by atoms with Crippen molar-refractivity contribution >= 4 is 40.8 Å². The molecule has 9 heteroatoms. The van der Waals surface area contributed by atoms with Gasteiger partial charge in [-0.3, -0.25) is 19.8 Å². The van der Waals surface area contributed by atoms with Crippen molar-refractivity contribution in [2.75, 3.05) is 18.4 Å². The maximum Gasteiger partial charge on any atom is 0.320 e. The second-order valence-electron chi connectivity index (χ2n) is 4.11. The van der Waals surface area contributed by atoms with E-state index in [1.165, 1.54) is 16.8 Å². The maximum absolute atomic E-state index is 11.7. The number of aromatic nitrogens is 2. The fourth-order valence-electron chi connectivity index (χ4n) is 2.03. The first-order valence-corrected chi connectivity index (χ1v) is 6.57. The number of anilines is 1. The Morgan fingerprint density at radius 1 is 1.53 bits per heavy atom. The summed E-state index contributed by atoms with van der Waals surface area (Å²) in [6, 6.07) is -0.557. The standard InChI is InChI=1S/C10H14N4O3S.ClH/c15-8(12-10-13-11-6-18-10)5-14-4-2-1-3-7(14)9(16)17;/h6-7H,1-5H2,(H,16,17)(H,12,13,15);1H. The highest BCUT2D eigenvalue weighted by Crippen LogP contribution is 2.17. The summed E-state index contributed by atoms with van der Waals surface area (Å²) in [6.45, 7) is 0.719. The van der Waals surface area contributed by atoms with Crippen LogP contribution in [0.2, 0.25) is 0 Å². The van der Waals surface area contributed by atoms with Crippen LogP contribution >= 0.6 is 23.7 Å². The monoisotopic (exact) mass is 306 g/mol. The van der Waals surface area contributed by atoms with Gasteiger partial charge in [0.25, 0.3) is 0 Å². The predicted molar refractivity (Wildman–Crippen MR) is 72.6 cm³/mol. The lowest BCUT2D eigenvalue weighted by molar-refractivity contribution is -0.145. The number of hydrogen-bond acceptors (Lipinski definition) is 6. The Hall–Kier alpha value is -1.25. The van der Waals surface area contributed by atoms with Crippen molar-refractivity contribution in [3.05, 3.63) is 5.51 Å². The van der Waals surface area contributed by atoms with E-state index < -0.39 is 12.0 Å². The minimum atomic E-state index is -0.863. The molecule has 1 fully saturated rings. The van der Waals surface area contributed by atoms with E-state index in [0.717, 1.165) is 12.8 Å². The van der Waals surface area contributed by atoms with Crippen LogP contribution in [0.25, 0.3) is 0 Å².